The molecule has 0 aliphatic heterocycles. The maximum absolute atomic E-state index is 13.1. The molecule has 0 amide bonds. The summed E-state index contributed by atoms with van der Waals surface area (Å²) < 4.78 is 16.5. The SMILES string of the molecule is C=CCC1=CC2(OC)C(O)C(C1=O)C(c1ccc(OC)c(OC)c1)[C@H]2C. The van der Waals surface area contributed by atoms with E-state index in [1.807, 2.05) is 31.2 Å². The highest BCUT2D eigenvalue weighted by atomic mass is 16.5. The third-order valence-electron chi connectivity index (χ3n) is 5.97. The molecule has 0 heterocycles. The van der Waals surface area contributed by atoms with Crippen LogP contribution in [-0.2, 0) is 9.53 Å². The van der Waals surface area contributed by atoms with Crippen LogP contribution in [0.4, 0.5) is 0 Å². The van der Waals surface area contributed by atoms with Crippen molar-refractivity contribution in [2.75, 3.05) is 21.3 Å². The van der Waals surface area contributed by atoms with Gasteiger partial charge in [0.05, 0.1) is 26.2 Å². The number of aliphatic hydroxyl groups is 1. The normalized spacial score (nSPS) is 33.0. The van der Waals surface area contributed by atoms with Crippen LogP contribution in [0.5, 0.6) is 11.5 Å². The van der Waals surface area contributed by atoms with Crippen molar-refractivity contribution >= 4 is 5.78 Å². The third-order valence-corrected chi connectivity index (χ3v) is 5.97. The Morgan fingerprint density at radius 3 is 2.46 bits per heavy atom. The Bertz CT molecular complexity index is 753. The molecule has 1 fully saturated rings. The van der Waals surface area contributed by atoms with Gasteiger partial charge in [-0.2, -0.15) is 0 Å². The minimum absolute atomic E-state index is 0.0331. The van der Waals surface area contributed by atoms with E-state index in [2.05, 4.69) is 6.58 Å². The van der Waals surface area contributed by atoms with Crippen molar-refractivity contribution in [2.45, 2.75) is 31.0 Å². The number of Topliss-reactive ketones (excluding diaryl/α,β-unsaturated/α-hetero) is 1. The Morgan fingerprint density at radius 2 is 1.88 bits per heavy atom. The fourth-order valence-corrected chi connectivity index (χ4v) is 4.66. The lowest BCUT2D eigenvalue weighted by molar-refractivity contribution is -0.130. The maximum atomic E-state index is 13.1. The van der Waals surface area contributed by atoms with Crippen LogP contribution >= 0.6 is 0 Å². The fraction of sp³-hybridized carbons (Fsp3) is 0.476. The molecule has 0 aromatic heterocycles. The number of fused-ring (bicyclic) bond motifs is 2. The van der Waals surface area contributed by atoms with Crippen LogP contribution in [0.15, 0.2) is 42.5 Å². The minimum Gasteiger partial charge on any atom is -0.493 e. The second-order valence-electron chi connectivity index (χ2n) is 6.98. The van der Waals surface area contributed by atoms with Crippen LogP contribution in [0.3, 0.4) is 0 Å². The quantitative estimate of drug-likeness (QED) is 0.792. The van der Waals surface area contributed by atoms with Crippen LogP contribution in [0.25, 0.3) is 0 Å². The van der Waals surface area contributed by atoms with Crippen molar-refractivity contribution in [3.05, 3.63) is 48.1 Å². The maximum Gasteiger partial charge on any atom is 0.165 e. The Morgan fingerprint density at radius 1 is 1.19 bits per heavy atom. The van der Waals surface area contributed by atoms with Gasteiger partial charge in [0.25, 0.3) is 0 Å². The lowest BCUT2D eigenvalue weighted by Crippen LogP contribution is -2.48. The molecule has 2 bridgehead atoms. The van der Waals surface area contributed by atoms with Gasteiger partial charge in [-0.15, -0.1) is 6.58 Å². The molecule has 3 rings (SSSR count). The van der Waals surface area contributed by atoms with Crippen molar-refractivity contribution < 1.29 is 24.1 Å². The monoisotopic (exact) mass is 358 g/mol. The highest BCUT2D eigenvalue weighted by Crippen LogP contribution is 2.56. The summed E-state index contributed by atoms with van der Waals surface area (Å²) in [6.07, 6.45) is 3.10. The molecule has 0 saturated heterocycles. The highest BCUT2D eigenvalue weighted by molar-refractivity contribution is 6.00. The van der Waals surface area contributed by atoms with Gasteiger partial charge < -0.3 is 19.3 Å². The number of carbonyl (C=O) groups is 1. The lowest BCUT2D eigenvalue weighted by Gasteiger charge is -2.36. The van der Waals surface area contributed by atoms with E-state index in [0.717, 1.165) is 5.56 Å². The highest BCUT2D eigenvalue weighted by Gasteiger charge is 2.63. The molecule has 0 spiro atoms. The molecule has 2 aliphatic carbocycles. The van der Waals surface area contributed by atoms with Crippen molar-refractivity contribution in [1.82, 2.24) is 0 Å². The molecule has 2 aliphatic rings. The Labute approximate surface area is 154 Å². The van der Waals surface area contributed by atoms with E-state index in [0.29, 0.717) is 23.5 Å². The molecule has 1 aromatic rings. The summed E-state index contributed by atoms with van der Waals surface area (Å²) in [5, 5.41) is 11.0. The van der Waals surface area contributed by atoms with Gasteiger partial charge in [-0.05, 0) is 41.7 Å². The van der Waals surface area contributed by atoms with E-state index in [-0.39, 0.29) is 17.6 Å². The van der Waals surface area contributed by atoms with Gasteiger partial charge in [0, 0.05) is 13.0 Å². The van der Waals surface area contributed by atoms with E-state index < -0.39 is 17.6 Å². The smallest absolute Gasteiger partial charge is 0.165 e. The summed E-state index contributed by atoms with van der Waals surface area (Å²) in [5.74, 6) is 0.375. The van der Waals surface area contributed by atoms with E-state index in [4.69, 9.17) is 14.2 Å². The summed E-state index contributed by atoms with van der Waals surface area (Å²) in [6, 6.07) is 5.65. The second kappa shape index (κ2) is 6.89. The second-order valence-corrected chi connectivity index (χ2v) is 6.98. The van der Waals surface area contributed by atoms with Gasteiger partial charge in [0.2, 0.25) is 0 Å². The van der Waals surface area contributed by atoms with Gasteiger partial charge in [0.1, 0.15) is 5.60 Å². The molecule has 1 N–H and O–H groups in total. The number of methoxy groups -OCH3 is 3. The summed E-state index contributed by atoms with van der Waals surface area (Å²) >= 11 is 0. The number of hydrogen-bond acceptors (Lipinski definition) is 5. The van der Waals surface area contributed by atoms with Crippen LogP contribution in [0.1, 0.15) is 24.8 Å². The van der Waals surface area contributed by atoms with Gasteiger partial charge in [-0.25, -0.2) is 0 Å². The molecule has 5 atom stereocenters. The number of hydrogen-bond donors (Lipinski definition) is 1. The zero-order valence-corrected chi connectivity index (χ0v) is 15.7. The van der Waals surface area contributed by atoms with Crippen molar-refractivity contribution in [1.29, 1.82) is 0 Å². The molecule has 5 heteroatoms. The first-order valence-electron chi connectivity index (χ1n) is 8.77. The van der Waals surface area contributed by atoms with Crippen LogP contribution in [-0.4, -0.2) is 43.9 Å². The number of ether oxygens (including phenoxy) is 3. The number of aliphatic hydroxyl groups excluding tert-OH is 1. The number of allylic oxidation sites excluding steroid dienone is 2. The van der Waals surface area contributed by atoms with Gasteiger partial charge in [0.15, 0.2) is 17.3 Å². The van der Waals surface area contributed by atoms with Gasteiger partial charge >= 0.3 is 0 Å². The van der Waals surface area contributed by atoms with E-state index in [1.165, 1.54) is 0 Å². The van der Waals surface area contributed by atoms with E-state index in [9.17, 15) is 9.90 Å². The predicted molar refractivity (Wildman–Crippen MR) is 98.6 cm³/mol. The first-order chi connectivity index (χ1) is 12.4. The first kappa shape index (κ1) is 18.7. The molecule has 1 saturated carbocycles. The standard InChI is InChI=1S/C21H26O5/c1-6-7-14-11-21(26-5)12(2)17(18(19(14)22)20(21)23)13-8-9-15(24-3)16(10-13)25-4/h6,8-12,17-18,20,23H,1,7H2,2-5H3/t12-,17?,18?,20?,21?/m1/s1. The summed E-state index contributed by atoms with van der Waals surface area (Å²) in [5.41, 5.74) is 0.709. The molecule has 26 heavy (non-hydrogen) atoms. The average Bonchev–Trinajstić information content (AvgIpc) is 2.81. The Hall–Kier alpha value is -2.11. The number of rotatable bonds is 6. The molecule has 4 unspecified atom stereocenters. The van der Waals surface area contributed by atoms with E-state index >= 15 is 0 Å². The van der Waals surface area contributed by atoms with Gasteiger partial charge in [-0.1, -0.05) is 19.1 Å². The molecule has 0 radical (unpaired) electrons. The number of carbonyl (C=O) groups excluding carboxylic acids is 1. The molecular weight excluding hydrogens is 332 g/mol. The summed E-state index contributed by atoms with van der Waals surface area (Å²) in [7, 11) is 4.76. The minimum atomic E-state index is -0.887. The Kier molecular flexibility index (Phi) is 4.95. The number of benzene rings is 1. The topological polar surface area (TPSA) is 65.0 Å². The zero-order chi connectivity index (χ0) is 19.1. The summed E-state index contributed by atoms with van der Waals surface area (Å²) in [4.78, 5) is 13.1. The van der Waals surface area contributed by atoms with Crippen LogP contribution in [0.2, 0.25) is 0 Å². The lowest BCUT2D eigenvalue weighted by atomic mass is 9.79. The Balaban J connectivity index is 2.11. The van der Waals surface area contributed by atoms with Crippen molar-refractivity contribution in [2.24, 2.45) is 11.8 Å². The number of ketones is 1. The first-order valence-corrected chi connectivity index (χ1v) is 8.77. The van der Waals surface area contributed by atoms with Gasteiger partial charge in [-0.3, -0.25) is 4.79 Å². The van der Waals surface area contributed by atoms with Crippen LogP contribution < -0.4 is 9.47 Å². The average molecular weight is 358 g/mol. The molecular formula is C21H26O5. The van der Waals surface area contributed by atoms with E-state index in [1.54, 1.807) is 27.4 Å². The molecule has 140 valence electrons. The molecule has 1 aromatic carbocycles. The van der Waals surface area contributed by atoms with Crippen molar-refractivity contribution in [3.63, 3.8) is 0 Å². The zero-order valence-electron chi connectivity index (χ0n) is 15.7. The van der Waals surface area contributed by atoms with Crippen LogP contribution in [0, 0.1) is 11.8 Å². The fourth-order valence-electron chi connectivity index (χ4n) is 4.66. The predicted octanol–water partition coefficient (Wildman–Crippen LogP) is 2.88. The largest absolute Gasteiger partial charge is 0.493 e. The molecule has 5 nitrogen and oxygen atoms in total. The third kappa shape index (κ3) is 2.49. The van der Waals surface area contributed by atoms with Crippen molar-refractivity contribution in [3.8, 4) is 11.5 Å². The summed E-state index contributed by atoms with van der Waals surface area (Å²) in [6.45, 7) is 5.76.